The van der Waals surface area contributed by atoms with Crippen molar-refractivity contribution in [1.82, 2.24) is 0 Å². The molecule has 0 unspecified atom stereocenters. The maximum absolute atomic E-state index is 14.4. The Kier molecular flexibility index (Phi) is 6.69. The molecule has 5 nitrogen and oxygen atoms in total. The molecule has 0 saturated heterocycles. The lowest BCUT2D eigenvalue weighted by atomic mass is 9.77. The Labute approximate surface area is 238 Å². The number of carbonyl (C=O) groups excluding carboxylic acids is 1. The number of anilines is 1. The number of hydrogen-bond acceptors (Lipinski definition) is 3. The standard InChI is InChI=1S/C34H42FN3O2/c1-33(2)25-13-10-11-14-27(25)36(5)29(33)20-23-31(39)24(32(23)40-9)21-30-34(3,4)26-19-22(35)15-16-28(26)37(30)17-12-18-38(6,7)8/h10-11,13-16,19-21H,12,17-18H2,1-9H3/q+2. The van der Waals surface area contributed by atoms with Crippen LogP contribution in [0.1, 0.15) is 45.2 Å². The Bertz CT molecular complexity index is 1530. The largest absolute Gasteiger partial charge is 0.495 e. The zero-order valence-corrected chi connectivity index (χ0v) is 25.4. The van der Waals surface area contributed by atoms with Crippen molar-refractivity contribution in [3.63, 3.8) is 0 Å². The van der Waals surface area contributed by atoms with Crippen LogP contribution in [0.5, 0.6) is 0 Å². The smallest absolute Gasteiger partial charge is 0.209 e. The van der Waals surface area contributed by atoms with Gasteiger partial charge in [-0.05, 0) is 43.7 Å². The molecular weight excluding hydrogens is 501 g/mol. The zero-order valence-electron chi connectivity index (χ0n) is 25.4. The van der Waals surface area contributed by atoms with E-state index in [2.05, 4.69) is 76.5 Å². The number of fused-ring (bicyclic) bond motifs is 2. The number of benzene rings is 2. The van der Waals surface area contributed by atoms with Crippen molar-refractivity contribution in [2.75, 3.05) is 53.3 Å². The van der Waals surface area contributed by atoms with Gasteiger partial charge < -0.3 is 14.1 Å². The zero-order chi connectivity index (χ0) is 29.2. The molecule has 2 aromatic carbocycles. The molecule has 2 aromatic rings. The predicted octanol–water partition coefficient (Wildman–Crippen LogP) is 6.02. The molecule has 6 heteroatoms. The molecule has 0 bridgehead atoms. The molecule has 2 heterocycles. The van der Waals surface area contributed by atoms with Crippen LogP contribution in [0.2, 0.25) is 0 Å². The first kappa shape index (κ1) is 28.0. The van der Waals surface area contributed by atoms with E-state index >= 15 is 0 Å². The summed E-state index contributed by atoms with van der Waals surface area (Å²) in [5.74, 6) is 0.332. The highest BCUT2D eigenvalue weighted by Gasteiger charge is 2.46. The summed E-state index contributed by atoms with van der Waals surface area (Å²) in [7, 11) is 10.2. The van der Waals surface area contributed by atoms with Gasteiger partial charge in [-0.25, -0.2) is 4.39 Å². The quantitative estimate of drug-likeness (QED) is 0.243. The van der Waals surface area contributed by atoms with E-state index in [1.807, 2.05) is 31.3 Å². The number of hydrogen-bond donors (Lipinski definition) is 0. The van der Waals surface area contributed by atoms with Crippen molar-refractivity contribution in [2.24, 2.45) is 0 Å². The van der Waals surface area contributed by atoms with Gasteiger partial charge in [0.15, 0.2) is 5.71 Å². The van der Waals surface area contributed by atoms with Gasteiger partial charge in [-0.15, -0.1) is 0 Å². The van der Waals surface area contributed by atoms with Gasteiger partial charge in [0.2, 0.25) is 11.5 Å². The van der Waals surface area contributed by atoms with Crippen LogP contribution >= 0.6 is 0 Å². The molecular formula is C34H42FN3O2+2. The van der Waals surface area contributed by atoms with Crippen molar-refractivity contribution < 1.29 is 23.0 Å². The van der Waals surface area contributed by atoms with Crippen LogP contribution < -0.4 is 4.90 Å². The molecule has 2 aliphatic heterocycles. The fraction of sp³-hybridized carbons (Fsp3) is 0.412. The number of ketones is 1. The first-order valence-electron chi connectivity index (χ1n) is 14.0. The number of ether oxygens (including phenoxy) is 1. The molecule has 0 aromatic heterocycles. The van der Waals surface area contributed by atoms with Crippen molar-refractivity contribution in [1.29, 1.82) is 0 Å². The van der Waals surface area contributed by atoms with Crippen molar-refractivity contribution in [3.05, 3.63) is 94.2 Å². The number of para-hydroxylation sites is 1. The van der Waals surface area contributed by atoms with Crippen LogP contribution in [-0.2, 0) is 20.4 Å². The highest BCUT2D eigenvalue weighted by Crippen LogP contribution is 2.49. The summed E-state index contributed by atoms with van der Waals surface area (Å²) in [4.78, 5) is 16.0. The summed E-state index contributed by atoms with van der Waals surface area (Å²) >= 11 is 0. The van der Waals surface area contributed by atoms with Gasteiger partial charge in [0, 0.05) is 47.5 Å². The molecule has 0 radical (unpaired) electrons. The second-order valence-corrected chi connectivity index (χ2v) is 13.3. The maximum atomic E-state index is 14.4. The Balaban J connectivity index is 1.56. The van der Waals surface area contributed by atoms with E-state index in [-0.39, 0.29) is 17.0 Å². The average Bonchev–Trinajstić information content (AvgIpc) is 3.20. The van der Waals surface area contributed by atoms with E-state index in [0.29, 0.717) is 16.9 Å². The highest BCUT2D eigenvalue weighted by molar-refractivity contribution is 6.24. The number of methoxy groups -OCH3 is 1. The summed E-state index contributed by atoms with van der Waals surface area (Å²) in [6.45, 7) is 10.4. The van der Waals surface area contributed by atoms with Crippen molar-refractivity contribution in [3.8, 4) is 0 Å². The van der Waals surface area contributed by atoms with Gasteiger partial charge in [0.25, 0.3) is 0 Å². The van der Waals surface area contributed by atoms with Gasteiger partial charge in [0.1, 0.15) is 18.6 Å². The molecule has 0 amide bonds. The first-order valence-corrected chi connectivity index (χ1v) is 14.0. The molecule has 0 atom stereocenters. The number of nitrogens with zero attached hydrogens (tertiary/aromatic N) is 3. The summed E-state index contributed by atoms with van der Waals surface area (Å²) < 4.78 is 23.3. The van der Waals surface area contributed by atoms with E-state index in [9.17, 15) is 9.18 Å². The van der Waals surface area contributed by atoms with Crippen LogP contribution in [0.4, 0.5) is 15.8 Å². The van der Waals surface area contributed by atoms with E-state index in [0.717, 1.165) is 52.3 Å². The van der Waals surface area contributed by atoms with Gasteiger partial charge in [0.05, 0.1) is 51.4 Å². The lowest BCUT2D eigenvalue weighted by Gasteiger charge is -2.31. The van der Waals surface area contributed by atoms with E-state index in [1.54, 1.807) is 13.2 Å². The topological polar surface area (TPSA) is 32.5 Å². The minimum absolute atomic E-state index is 0.0266. The van der Waals surface area contributed by atoms with Crippen molar-refractivity contribution in [2.45, 2.75) is 44.9 Å². The van der Waals surface area contributed by atoms with Crippen LogP contribution in [0.25, 0.3) is 0 Å². The van der Waals surface area contributed by atoms with E-state index in [4.69, 9.17) is 4.74 Å². The molecule has 3 aliphatic rings. The Morgan fingerprint density at radius 1 is 1.00 bits per heavy atom. The third kappa shape index (κ3) is 4.43. The summed E-state index contributed by atoms with van der Waals surface area (Å²) in [6, 6.07) is 13.4. The average molecular weight is 544 g/mol. The molecule has 0 N–H and O–H groups in total. The van der Waals surface area contributed by atoms with Crippen molar-refractivity contribution >= 4 is 22.9 Å². The molecule has 0 spiro atoms. The molecule has 1 aliphatic carbocycles. The summed E-state index contributed by atoms with van der Waals surface area (Å²) in [5.41, 5.74) is 6.83. The molecule has 0 saturated carbocycles. The van der Waals surface area contributed by atoms with Crippen LogP contribution in [0.3, 0.4) is 0 Å². The Morgan fingerprint density at radius 2 is 1.70 bits per heavy atom. The minimum atomic E-state index is -0.469. The van der Waals surface area contributed by atoms with E-state index in [1.165, 1.54) is 11.6 Å². The van der Waals surface area contributed by atoms with Gasteiger partial charge in [-0.1, -0.05) is 32.0 Å². The van der Waals surface area contributed by atoms with Gasteiger partial charge in [-0.3, -0.25) is 4.79 Å². The molecule has 0 fully saturated rings. The van der Waals surface area contributed by atoms with Gasteiger partial charge >= 0.3 is 0 Å². The highest BCUT2D eigenvalue weighted by atomic mass is 19.1. The second-order valence-electron chi connectivity index (χ2n) is 13.3. The monoisotopic (exact) mass is 543 g/mol. The van der Waals surface area contributed by atoms with Gasteiger partial charge in [-0.2, -0.15) is 4.58 Å². The number of rotatable bonds is 7. The number of allylic oxidation sites excluding steroid dienone is 5. The fourth-order valence-corrected chi connectivity index (χ4v) is 6.50. The van der Waals surface area contributed by atoms with Crippen LogP contribution in [0, 0.1) is 5.82 Å². The number of halogens is 1. The Hall–Kier alpha value is -3.51. The number of quaternary nitrogens is 1. The lowest BCUT2D eigenvalue weighted by molar-refractivity contribution is -0.870. The number of carbonyl (C=O) groups is 1. The van der Waals surface area contributed by atoms with Crippen LogP contribution in [-0.4, -0.2) is 68.9 Å². The lowest BCUT2D eigenvalue weighted by Crippen LogP contribution is -2.37. The predicted molar refractivity (Wildman–Crippen MR) is 160 cm³/mol. The maximum Gasteiger partial charge on any atom is 0.209 e. The fourth-order valence-electron chi connectivity index (χ4n) is 6.50. The third-order valence-corrected chi connectivity index (χ3v) is 8.75. The van der Waals surface area contributed by atoms with Crippen LogP contribution in [0.15, 0.2) is 77.2 Å². The minimum Gasteiger partial charge on any atom is -0.495 e. The number of Topliss-reactive ketones (excluding diaryl/α,β-unsaturated/α-hetero) is 1. The molecule has 210 valence electrons. The normalized spacial score (nSPS) is 21.4. The van der Waals surface area contributed by atoms with E-state index < -0.39 is 5.41 Å². The summed E-state index contributed by atoms with van der Waals surface area (Å²) in [5, 5.41) is 0. The first-order chi connectivity index (χ1) is 18.7. The second kappa shape index (κ2) is 9.55. The molecule has 5 rings (SSSR count). The third-order valence-electron chi connectivity index (χ3n) is 8.75. The molecule has 40 heavy (non-hydrogen) atoms. The SMILES string of the molecule is COC1=C(/C=C2/N(CCC[N+](C)(C)C)c3ccc(F)cc3C2(C)C)C(=O)/C1=C\C1=[N+](C)c2ccccc2C1(C)C. The Morgan fingerprint density at radius 3 is 2.35 bits per heavy atom. The summed E-state index contributed by atoms with van der Waals surface area (Å²) in [6.07, 6.45) is 4.93.